The maximum atomic E-state index is 5.13. The number of hydrogen-bond donors (Lipinski definition) is 0. The fourth-order valence-electron chi connectivity index (χ4n) is 2.43. The van der Waals surface area contributed by atoms with E-state index >= 15 is 0 Å². The van der Waals surface area contributed by atoms with Gasteiger partial charge in [0, 0.05) is 26.6 Å². The summed E-state index contributed by atoms with van der Waals surface area (Å²) in [5.74, 6) is 7.19. The Labute approximate surface area is 112 Å². The van der Waals surface area contributed by atoms with Crippen molar-refractivity contribution >= 4 is 0 Å². The van der Waals surface area contributed by atoms with Crippen LogP contribution in [0.15, 0.2) is 0 Å². The molecular formula is C15H28N2O. The van der Waals surface area contributed by atoms with E-state index in [0.29, 0.717) is 0 Å². The molecule has 1 aliphatic heterocycles. The molecule has 0 radical (unpaired) electrons. The summed E-state index contributed by atoms with van der Waals surface area (Å²) in [6.45, 7) is 8.60. The lowest BCUT2D eigenvalue weighted by molar-refractivity contribution is 0.112. The van der Waals surface area contributed by atoms with Crippen molar-refractivity contribution in [1.82, 2.24) is 9.80 Å². The van der Waals surface area contributed by atoms with Gasteiger partial charge in [-0.15, -0.1) is 5.92 Å². The molecule has 0 N–H and O–H groups in total. The van der Waals surface area contributed by atoms with E-state index in [1.807, 2.05) is 0 Å². The second-order valence-corrected chi connectivity index (χ2v) is 5.18. The molecule has 1 aliphatic rings. The van der Waals surface area contributed by atoms with Crippen LogP contribution in [0.3, 0.4) is 0 Å². The summed E-state index contributed by atoms with van der Waals surface area (Å²) in [4.78, 5) is 4.87. The molecule has 0 aliphatic carbocycles. The topological polar surface area (TPSA) is 15.7 Å². The number of likely N-dealkylation sites (tertiary alicyclic amines) is 1. The zero-order valence-electron chi connectivity index (χ0n) is 12.2. The van der Waals surface area contributed by atoms with E-state index in [2.05, 4.69) is 35.6 Å². The summed E-state index contributed by atoms with van der Waals surface area (Å²) in [7, 11) is 3.96. The first-order valence-electron chi connectivity index (χ1n) is 7.11. The van der Waals surface area contributed by atoms with Gasteiger partial charge >= 0.3 is 0 Å². The molecule has 0 aromatic carbocycles. The molecule has 1 fully saturated rings. The molecule has 18 heavy (non-hydrogen) atoms. The first-order chi connectivity index (χ1) is 8.76. The van der Waals surface area contributed by atoms with E-state index < -0.39 is 0 Å². The van der Waals surface area contributed by atoms with Gasteiger partial charge in [0.15, 0.2) is 0 Å². The monoisotopic (exact) mass is 252 g/mol. The van der Waals surface area contributed by atoms with Gasteiger partial charge in [-0.25, -0.2) is 0 Å². The van der Waals surface area contributed by atoms with Crippen LogP contribution in [0.1, 0.15) is 26.2 Å². The lowest BCUT2D eigenvalue weighted by Crippen LogP contribution is -2.39. The quantitative estimate of drug-likeness (QED) is 0.669. The van der Waals surface area contributed by atoms with E-state index in [1.54, 1.807) is 7.11 Å². The van der Waals surface area contributed by atoms with Crippen molar-refractivity contribution in [1.29, 1.82) is 0 Å². The van der Waals surface area contributed by atoms with Crippen LogP contribution in [0.2, 0.25) is 0 Å². The number of methoxy groups -OCH3 is 1. The molecule has 1 saturated heterocycles. The second kappa shape index (κ2) is 9.38. The third-order valence-electron chi connectivity index (χ3n) is 3.54. The Morgan fingerprint density at radius 3 is 2.61 bits per heavy atom. The van der Waals surface area contributed by atoms with E-state index in [0.717, 1.165) is 32.0 Å². The Hall–Kier alpha value is -0.560. The maximum absolute atomic E-state index is 5.13. The normalized spacial score (nSPS) is 17.8. The SMILES string of the molecule is CCC#CCN(C)CC1CCN(CCOC)CC1. The van der Waals surface area contributed by atoms with Gasteiger partial charge in [0.2, 0.25) is 0 Å². The average molecular weight is 252 g/mol. The summed E-state index contributed by atoms with van der Waals surface area (Å²) < 4.78 is 5.13. The molecule has 0 aromatic heterocycles. The highest BCUT2D eigenvalue weighted by Gasteiger charge is 2.19. The number of hydrogen-bond acceptors (Lipinski definition) is 3. The Bertz CT molecular complexity index is 261. The minimum atomic E-state index is 0.845. The van der Waals surface area contributed by atoms with Gasteiger partial charge in [-0.1, -0.05) is 12.8 Å². The summed E-state index contributed by atoms with van der Waals surface area (Å²) in [5.41, 5.74) is 0. The fourth-order valence-corrected chi connectivity index (χ4v) is 2.43. The highest BCUT2D eigenvalue weighted by molar-refractivity contribution is 5.00. The Morgan fingerprint density at radius 2 is 2.00 bits per heavy atom. The highest BCUT2D eigenvalue weighted by Crippen LogP contribution is 2.17. The van der Waals surface area contributed by atoms with Gasteiger partial charge in [0.1, 0.15) is 0 Å². The van der Waals surface area contributed by atoms with Gasteiger partial charge in [0.05, 0.1) is 13.2 Å². The predicted molar refractivity (Wildman–Crippen MR) is 76.6 cm³/mol. The molecule has 3 heteroatoms. The molecule has 0 atom stereocenters. The molecule has 0 bridgehead atoms. The van der Waals surface area contributed by atoms with Crippen molar-refractivity contribution in [3.05, 3.63) is 0 Å². The molecule has 3 nitrogen and oxygen atoms in total. The molecule has 0 spiro atoms. The minimum Gasteiger partial charge on any atom is -0.383 e. The fraction of sp³-hybridized carbons (Fsp3) is 0.867. The van der Waals surface area contributed by atoms with Crippen molar-refractivity contribution in [2.75, 3.05) is 53.5 Å². The molecular weight excluding hydrogens is 224 g/mol. The molecule has 0 amide bonds. The Balaban J connectivity index is 2.14. The molecule has 0 aromatic rings. The second-order valence-electron chi connectivity index (χ2n) is 5.18. The third kappa shape index (κ3) is 6.39. The van der Waals surface area contributed by atoms with Crippen molar-refractivity contribution in [2.45, 2.75) is 26.2 Å². The summed E-state index contributed by atoms with van der Waals surface area (Å²) in [5, 5.41) is 0. The lowest BCUT2D eigenvalue weighted by Gasteiger charge is -2.33. The van der Waals surface area contributed by atoms with E-state index in [-0.39, 0.29) is 0 Å². The first kappa shape index (κ1) is 15.5. The van der Waals surface area contributed by atoms with Crippen molar-refractivity contribution in [3.8, 4) is 11.8 Å². The Morgan fingerprint density at radius 1 is 1.28 bits per heavy atom. The minimum absolute atomic E-state index is 0.845. The van der Waals surface area contributed by atoms with E-state index in [1.165, 1.54) is 32.5 Å². The molecule has 1 rings (SSSR count). The van der Waals surface area contributed by atoms with Crippen LogP contribution in [0.4, 0.5) is 0 Å². The smallest absolute Gasteiger partial charge is 0.0599 e. The molecule has 104 valence electrons. The van der Waals surface area contributed by atoms with Gasteiger partial charge in [-0.2, -0.15) is 0 Å². The summed E-state index contributed by atoms with van der Waals surface area (Å²) in [6, 6.07) is 0. The van der Waals surface area contributed by atoms with Crippen LogP contribution in [0, 0.1) is 17.8 Å². The van der Waals surface area contributed by atoms with Gasteiger partial charge in [-0.05, 0) is 38.9 Å². The average Bonchev–Trinajstić information content (AvgIpc) is 2.38. The van der Waals surface area contributed by atoms with Crippen LogP contribution >= 0.6 is 0 Å². The lowest BCUT2D eigenvalue weighted by atomic mass is 9.96. The molecule has 0 saturated carbocycles. The van der Waals surface area contributed by atoms with Gasteiger partial charge in [-0.3, -0.25) is 4.90 Å². The van der Waals surface area contributed by atoms with Gasteiger partial charge < -0.3 is 9.64 Å². The van der Waals surface area contributed by atoms with Crippen LogP contribution in [0.25, 0.3) is 0 Å². The van der Waals surface area contributed by atoms with Crippen molar-refractivity contribution in [3.63, 3.8) is 0 Å². The first-order valence-corrected chi connectivity index (χ1v) is 7.11. The predicted octanol–water partition coefficient (Wildman–Crippen LogP) is 1.69. The van der Waals surface area contributed by atoms with Gasteiger partial charge in [0.25, 0.3) is 0 Å². The number of nitrogens with zero attached hydrogens (tertiary/aromatic N) is 2. The number of ether oxygens (including phenoxy) is 1. The summed E-state index contributed by atoms with van der Waals surface area (Å²) in [6.07, 6.45) is 3.59. The standard InChI is InChI=1S/C15H28N2O/c1-4-5-6-9-16(2)14-15-7-10-17(11-8-15)12-13-18-3/h15H,4,7-14H2,1-3H3. The maximum Gasteiger partial charge on any atom is 0.0599 e. The zero-order chi connectivity index (χ0) is 13.2. The number of piperidine rings is 1. The van der Waals surface area contributed by atoms with E-state index in [4.69, 9.17) is 4.74 Å². The highest BCUT2D eigenvalue weighted by atomic mass is 16.5. The largest absolute Gasteiger partial charge is 0.383 e. The van der Waals surface area contributed by atoms with Crippen molar-refractivity contribution in [2.24, 2.45) is 5.92 Å². The van der Waals surface area contributed by atoms with Crippen LogP contribution in [0.5, 0.6) is 0 Å². The van der Waals surface area contributed by atoms with E-state index in [9.17, 15) is 0 Å². The van der Waals surface area contributed by atoms with Crippen LogP contribution < -0.4 is 0 Å². The molecule has 0 unspecified atom stereocenters. The molecule has 1 heterocycles. The summed E-state index contributed by atoms with van der Waals surface area (Å²) >= 11 is 0. The van der Waals surface area contributed by atoms with Crippen LogP contribution in [-0.2, 0) is 4.74 Å². The number of rotatable bonds is 6. The third-order valence-corrected chi connectivity index (χ3v) is 3.54. The van der Waals surface area contributed by atoms with Crippen LogP contribution in [-0.4, -0.2) is 63.3 Å². The van der Waals surface area contributed by atoms with Crippen molar-refractivity contribution < 1.29 is 4.74 Å². The Kier molecular flexibility index (Phi) is 8.08. The zero-order valence-corrected chi connectivity index (χ0v) is 12.2.